The smallest absolute Gasteiger partial charge is 0.331 e. The van der Waals surface area contributed by atoms with Crippen LogP contribution in [-0.4, -0.2) is 49.1 Å². The van der Waals surface area contributed by atoms with E-state index >= 15 is 0 Å². The Morgan fingerprint density at radius 1 is 1.53 bits per heavy atom. The number of amides is 1. The molecule has 2 aromatic rings. The highest BCUT2D eigenvalue weighted by Gasteiger charge is 2.38. The van der Waals surface area contributed by atoms with E-state index in [1.165, 1.54) is 16.2 Å². The van der Waals surface area contributed by atoms with Gasteiger partial charge in [-0.15, -0.1) is 21.5 Å². The van der Waals surface area contributed by atoms with Crippen LogP contribution in [-0.2, 0) is 11.2 Å². The lowest BCUT2D eigenvalue weighted by Gasteiger charge is -2.32. The molecule has 3 heterocycles. The van der Waals surface area contributed by atoms with Crippen LogP contribution < -0.4 is 0 Å². The van der Waals surface area contributed by atoms with Crippen molar-refractivity contribution in [3.8, 4) is 0 Å². The Labute approximate surface area is 111 Å². The molecule has 0 saturated heterocycles. The van der Waals surface area contributed by atoms with E-state index in [1.54, 1.807) is 6.07 Å². The number of carbonyl (C=O) groups is 2. The Morgan fingerprint density at radius 2 is 2.37 bits per heavy atom. The summed E-state index contributed by atoms with van der Waals surface area (Å²) in [5.41, 5.74) is 0.667. The molecule has 2 aromatic heterocycles. The number of hydrogen-bond acceptors (Lipinski definition) is 6. The van der Waals surface area contributed by atoms with Gasteiger partial charge in [-0.1, -0.05) is 0 Å². The lowest BCUT2D eigenvalue weighted by molar-refractivity contribution is -0.143. The molecular weight excluding hydrogens is 270 g/mol. The molecule has 0 spiro atoms. The monoisotopic (exact) mass is 279 g/mol. The van der Waals surface area contributed by atoms with Gasteiger partial charge in [-0.3, -0.25) is 4.79 Å². The largest absolute Gasteiger partial charge is 0.479 e. The molecule has 0 aromatic carbocycles. The lowest BCUT2D eigenvalue weighted by atomic mass is 10.00. The molecule has 98 valence electrons. The Hall–Kier alpha value is -2.29. The quantitative estimate of drug-likeness (QED) is 0.805. The van der Waals surface area contributed by atoms with Crippen LogP contribution in [0.1, 0.15) is 27.1 Å². The number of tetrazole rings is 1. The fraction of sp³-hybridized carbons (Fsp3) is 0.300. The highest BCUT2D eigenvalue weighted by molar-refractivity contribution is 7.10. The average Bonchev–Trinajstić information content (AvgIpc) is 3.06. The number of aromatic nitrogens is 4. The topological polar surface area (TPSA) is 112 Å². The summed E-state index contributed by atoms with van der Waals surface area (Å²) >= 11 is 1.51. The molecule has 1 aliphatic rings. The zero-order valence-corrected chi connectivity index (χ0v) is 10.4. The van der Waals surface area contributed by atoms with Gasteiger partial charge in [0.05, 0.1) is 0 Å². The summed E-state index contributed by atoms with van der Waals surface area (Å²) in [4.78, 5) is 25.9. The molecule has 0 radical (unpaired) electrons. The lowest BCUT2D eigenvalue weighted by Crippen LogP contribution is -2.43. The van der Waals surface area contributed by atoms with Gasteiger partial charge >= 0.3 is 5.97 Å². The summed E-state index contributed by atoms with van der Waals surface area (Å²) in [6.07, 6.45) is 0.639. The van der Waals surface area contributed by atoms with Gasteiger partial charge in [0.25, 0.3) is 11.7 Å². The molecule has 9 heteroatoms. The number of nitrogens with one attached hydrogen (secondary N) is 1. The second-order valence-corrected chi connectivity index (χ2v) is 5.02. The van der Waals surface area contributed by atoms with E-state index in [1.807, 2.05) is 5.38 Å². The van der Waals surface area contributed by atoms with Crippen LogP contribution in [0.5, 0.6) is 0 Å². The Kier molecular flexibility index (Phi) is 2.75. The first-order valence-electron chi connectivity index (χ1n) is 5.52. The minimum absolute atomic E-state index is 0.120. The second kappa shape index (κ2) is 4.43. The van der Waals surface area contributed by atoms with Crippen LogP contribution in [0.2, 0.25) is 0 Å². The van der Waals surface area contributed by atoms with Crippen LogP contribution in [0.25, 0.3) is 0 Å². The summed E-state index contributed by atoms with van der Waals surface area (Å²) in [6, 6.07) is 0.759. The third-order valence-corrected chi connectivity index (χ3v) is 3.99. The molecule has 19 heavy (non-hydrogen) atoms. The fourth-order valence-electron chi connectivity index (χ4n) is 2.18. The second-order valence-electron chi connectivity index (χ2n) is 4.02. The number of fused-ring (bicyclic) bond motifs is 1. The maximum absolute atomic E-state index is 12.2. The first-order valence-corrected chi connectivity index (χ1v) is 6.40. The molecule has 8 nitrogen and oxygen atoms in total. The molecule has 1 aliphatic heterocycles. The van der Waals surface area contributed by atoms with Gasteiger partial charge in [-0.05, 0) is 28.6 Å². The number of carboxylic acid groups (broad SMARTS) is 1. The molecule has 1 amide bonds. The standard InChI is InChI=1S/C10H9N5O3S/c16-9(8-11-13-14-12-8)15-3-1-6-5(2-4-19-6)7(15)10(17)18/h2,4,7H,1,3H2,(H,17,18)(H,11,12,13,14). The molecule has 1 atom stereocenters. The van der Waals surface area contributed by atoms with Gasteiger partial charge in [-0.25, -0.2) is 4.79 Å². The summed E-state index contributed by atoms with van der Waals surface area (Å²) in [7, 11) is 0. The maximum atomic E-state index is 12.2. The zero-order valence-electron chi connectivity index (χ0n) is 9.61. The van der Waals surface area contributed by atoms with Crippen LogP contribution >= 0.6 is 11.3 Å². The van der Waals surface area contributed by atoms with Crippen molar-refractivity contribution in [3.63, 3.8) is 0 Å². The van der Waals surface area contributed by atoms with Crippen molar-refractivity contribution in [1.82, 2.24) is 25.5 Å². The number of nitrogens with zero attached hydrogens (tertiary/aromatic N) is 4. The third kappa shape index (κ3) is 1.87. The molecule has 1 unspecified atom stereocenters. The molecule has 0 aliphatic carbocycles. The van der Waals surface area contributed by atoms with Crippen LogP contribution in [0.15, 0.2) is 11.4 Å². The van der Waals surface area contributed by atoms with Gasteiger partial charge < -0.3 is 10.0 Å². The molecule has 0 fully saturated rings. The summed E-state index contributed by atoms with van der Waals surface area (Å²) in [6.45, 7) is 0.331. The number of thiophene rings is 1. The van der Waals surface area contributed by atoms with Gasteiger partial charge in [0, 0.05) is 11.4 Å². The third-order valence-electron chi connectivity index (χ3n) is 3.00. The summed E-state index contributed by atoms with van der Waals surface area (Å²) in [5, 5.41) is 23.9. The fourth-order valence-corrected chi connectivity index (χ4v) is 3.09. The highest BCUT2D eigenvalue weighted by Crippen LogP contribution is 2.33. The SMILES string of the molecule is O=C(O)C1c2ccsc2CCN1C(=O)c1nn[nH]n1. The predicted octanol–water partition coefficient (Wildman–Crippen LogP) is 0.0854. The first-order chi connectivity index (χ1) is 9.18. The van der Waals surface area contributed by atoms with Crippen LogP contribution in [0.4, 0.5) is 0 Å². The van der Waals surface area contributed by atoms with E-state index in [4.69, 9.17) is 0 Å². The van der Waals surface area contributed by atoms with Crippen molar-refractivity contribution in [3.05, 3.63) is 27.7 Å². The summed E-state index contributed by atoms with van der Waals surface area (Å²) < 4.78 is 0. The number of carboxylic acids is 1. The minimum atomic E-state index is -1.06. The van der Waals surface area contributed by atoms with E-state index in [0.29, 0.717) is 18.5 Å². The van der Waals surface area contributed by atoms with Crippen molar-refractivity contribution < 1.29 is 14.7 Å². The van der Waals surface area contributed by atoms with Crippen LogP contribution in [0, 0.1) is 0 Å². The van der Waals surface area contributed by atoms with E-state index in [9.17, 15) is 14.7 Å². The van der Waals surface area contributed by atoms with Gasteiger partial charge in [0.1, 0.15) is 0 Å². The van der Waals surface area contributed by atoms with Crippen molar-refractivity contribution >= 4 is 23.2 Å². The number of carbonyl (C=O) groups excluding carboxylic acids is 1. The number of hydrogen-bond donors (Lipinski definition) is 2. The minimum Gasteiger partial charge on any atom is -0.479 e. The first kappa shape index (κ1) is 11.8. The van der Waals surface area contributed by atoms with Gasteiger partial charge in [-0.2, -0.15) is 5.21 Å². The Morgan fingerprint density at radius 3 is 3.05 bits per heavy atom. The van der Waals surface area contributed by atoms with E-state index in [0.717, 1.165) is 4.88 Å². The number of aromatic amines is 1. The molecule has 0 saturated carbocycles. The number of rotatable bonds is 2. The predicted molar refractivity (Wildman–Crippen MR) is 63.6 cm³/mol. The molecule has 0 bridgehead atoms. The summed E-state index contributed by atoms with van der Waals surface area (Å²) in [5.74, 6) is -1.71. The van der Waals surface area contributed by atoms with E-state index < -0.39 is 17.9 Å². The Bertz CT molecular complexity index is 623. The van der Waals surface area contributed by atoms with Gasteiger partial charge in [0.2, 0.25) is 0 Å². The van der Waals surface area contributed by atoms with Crippen molar-refractivity contribution in [1.29, 1.82) is 0 Å². The molecular formula is C10H9N5O3S. The van der Waals surface area contributed by atoms with E-state index in [-0.39, 0.29) is 5.82 Å². The average molecular weight is 279 g/mol. The van der Waals surface area contributed by atoms with Crippen molar-refractivity contribution in [2.45, 2.75) is 12.5 Å². The Balaban J connectivity index is 1.98. The normalized spacial score (nSPS) is 18.1. The van der Waals surface area contributed by atoms with Gasteiger partial charge in [0.15, 0.2) is 6.04 Å². The van der Waals surface area contributed by atoms with Crippen molar-refractivity contribution in [2.75, 3.05) is 6.54 Å². The molecule has 3 rings (SSSR count). The van der Waals surface area contributed by atoms with Crippen molar-refractivity contribution in [2.24, 2.45) is 0 Å². The zero-order chi connectivity index (χ0) is 13.4. The maximum Gasteiger partial charge on any atom is 0.331 e. The van der Waals surface area contributed by atoms with E-state index in [2.05, 4.69) is 20.6 Å². The van der Waals surface area contributed by atoms with Crippen LogP contribution in [0.3, 0.4) is 0 Å². The molecule has 2 N–H and O–H groups in total. The highest BCUT2D eigenvalue weighted by atomic mass is 32.1. The number of H-pyrrole nitrogens is 1. The number of aliphatic carboxylic acids is 1.